The SMILES string of the molecule is O=C(O)CCCCCOc1ccccc1CN(CCCN1CCOCC1)c1ccc(-c2ccncc2)cc1. The highest BCUT2D eigenvalue weighted by Crippen LogP contribution is 2.27. The van der Waals surface area contributed by atoms with Crippen LogP contribution < -0.4 is 9.64 Å². The maximum absolute atomic E-state index is 10.7. The number of rotatable bonds is 15. The number of pyridine rings is 1. The number of para-hydroxylation sites is 1. The molecule has 202 valence electrons. The summed E-state index contributed by atoms with van der Waals surface area (Å²) in [6.07, 6.45) is 7.32. The van der Waals surface area contributed by atoms with Crippen molar-refractivity contribution >= 4 is 11.7 Å². The Hall–Kier alpha value is -3.42. The van der Waals surface area contributed by atoms with Gasteiger partial charge in [0.2, 0.25) is 0 Å². The second-order valence-electron chi connectivity index (χ2n) is 9.67. The highest BCUT2D eigenvalue weighted by atomic mass is 16.5. The van der Waals surface area contributed by atoms with Gasteiger partial charge in [0.1, 0.15) is 5.75 Å². The summed E-state index contributed by atoms with van der Waals surface area (Å²) in [5.74, 6) is 0.163. The number of anilines is 1. The smallest absolute Gasteiger partial charge is 0.303 e. The first-order valence-corrected chi connectivity index (χ1v) is 13.7. The van der Waals surface area contributed by atoms with E-state index in [0.717, 1.165) is 82.1 Å². The van der Waals surface area contributed by atoms with Gasteiger partial charge in [-0.05, 0) is 67.1 Å². The number of carboxylic acid groups (broad SMARTS) is 1. The zero-order valence-corrected chi connectivity index (χ0v) is 22.1. The van der Waals surface area contributed by atoms with Crippen LogP contribution in [0, 0.1) is 0 Å². The Morgan fingerprint density at radius 3 is 2.42 bits per heavy atom. The van der Waals surface area contributed by atoms with E-state index in [0.29, 0.717) is 13.0 Å². The summed E-state index contributed by atoms with van der Waals surface area (Å²) in [7, 11) is 0. The first kappa shape index (κ1) is 27.6. The van der Waals surface area contributed by atoms with E-state index < -0.39 is 5.97 Å². The minimum atomic E-state index is -0.737. The van der Waals surface area contributed by atoms with E-state index >= 15 is 0 Å². The molecule has 0 radical (unpaired) electrons. The minimum Gasteiger partial charge on any atom is -0.493 e. The number of morpholine rings is 1. The molecule has 1 fully saturated rings. The number of aliphatic carboxylic acids is 1. The summed E-state index contributed by atoms with van der Waals surface area (Å²) in [4.78, 5) is 19.8. The Morgan fingerprint density at radius 1 is 0.921 bits per heavy atom. The number of benzene rings is 2. The van der Waals surface area contributed by atoms with Gasteiger partial charge in [-0.1, -0.05) is 30.3 Å². The molecule has 2 heterocycles. The van der Waals surface area contributed by atoms with Crippen LogP contribution in [0.25, 0.3) is 11.1 Å². The number of carbonyl (C=O) groups is 1. The number of nitrogens with zero attached hydrogens (tertiary/aromatic N) is 3. The van der Waals surface area contributed by atoms with Crippen molar-refractivity contribution < 1.29 is 19.4 Å². The first-order valence-electron chi connectivity index (χ1n) is 13.7. The Kier molecular flexibility index (Phi) is 11.0. The molecule has 1 N–H and O–H groups in total. The van der Waals surface area contributed by atoms with Crippen LogP contribution in [-0.4, -0.2) is 67.0 Å². The van der Waals surface area contributed by atoms with Crippen LogP contribution in [0.15, 0.2) is 73.1 Å². The van der Waals surface area contributed by atoms with Gasteiger partial charge < -0.3 is 19.5 Å². The van der Waals surface area contributed by atoms with E-state index in [2.05, 4.69) is 51.2 Å². The van der Waals surface area contributed by atoms with Gasteiger partial charge >= 0.3 is 5.97 Å². The normalized spacial score (nSPS) is 13.8. The molecule has 3 aromatic rings. The Morgan fingerprint density at radius 2 is 1.66 bits per heavy atom. The predicted molar refractivity (Wildman–Crippen MR) is 151 cm³/mol. The van der Waals surface area contributed by atoms with E-state index in [-0.39, 0.29) is 6.42 Å². The van der Waals surface area contributed by atoms with Crippen molar-refractivity contribution in [3.05, 3.63) is 78.6 Å². The van der Waals surface area contributed by atoms with Crippen molar-refractivity contribution in [2.24, 2.45) is 0 Å². The number of ether oxygens (including phenoxy) is 2. The van der Waals surface area contributed by atoms with Crippen LogP contribution in [0.2, 0.25) is 0 Å². The van der Waals surface area contributed by atoms with Crippen LogP contribution in [0.5, 0.6) is 5.75 Å². The molecule has 38 heavy (non-hydrogen) atoms. The van der Waals surface area contributed by atoms with Crippen molar-refractivity contribution in [1.82, 2.24) is 9.88 Å². The lowest BCUT2D eigenvalue weighted by Gasteiger charge is -2.30. The molecule has 0 atom stereocenters. The average molecular weight is 518 g/mol. The monoisotopic (exact) mass is 517 g/mol. The molecule has 0 amide bonds. The molecular formula is C31H39N3O4. The third-order valence-electron chi connectivity index (χ3n) is 6.88. The van der Waals surface area contributed by atoms with Crippen LogP contribution in [0.1, 0.15) is 37.7 Å². The van der Waals surface area contributed by atoms with E-state index in [1.54, 1.807) is 0 Å². The number of hydrogen-bond donors (Lipinski definition) is 1. The molecule has 0 bridgehead atoms. The maximum atomic E-state index is 10.7. The van der Waals surface area contributed by atoms with Gasteiger partial charge in [0.15, 0.2) is 0 Å². The maximum Gasteiger partial charge on any atom is 0.303 e. The lowest BCUT2D eigenvalue weighted by molar-refractivity contribution is -0.137. The zero-order chi connectivity index (χ0) is 26.4. The molecular weight excluding hydrogens is 478 g/mol. The summed E-state index contributed by atoms with van der Waals surface area (Å²) in [5.41, 5.74) is 4.68. The third kappa shape index (κ3) is 8.85. The largest absolute Gasteiger partial charge is 0.493 e. The third-order valence-corrected chi connectivity index (χ3v) is 6.88. The fourth-order valence-electron chi connectivity index (χ4n) is 4.74. The second kappa shape index (κ2) is 15.1. The standard InChI is InChI=1S/C31H39N3O4/c35-31(36)9-2-1-5-22-38-30-8-4-3-7-28(30)25-34(19-6-18-33-20-23-37-24-21-33)29-12-10-26(11-13-29)27-14-16-32-17-15-27/h3-4,7-8,10-17H,1-2,5-6,9,18-25H2,(H,35,36). The minimum absolute atomic E-state index is 0.218. The predicted octanol–water partition coefficient (Wildman–Crippen LogP) is 5.50. The highest BCUT2D eigenvalue weighted by Gasteiger charge is 2.14. The van der Waals surface area contributed by atoms with Crippen molar-refractivity contribution in [3.63, 3.8) is 0 Å². The van der Waals surface area contributed by atoms with Gasteiger partial charge in [0.25, 0.3) is 0 Å². The van der Waals surface area contributed by atoms with Gasteiger partial charge in [-0.3, -0.25) is 14.7 Å². The summed E-state index contributed by atoms with van der Waals surface area (Å²) < 4.78 is 11.7. The van der Waals surface area contributed by atoms with Gasteiger partial charge in [-0.2, -0.15) is 0 Å². The second-order valence-corrected chi connectivity index (χ2v) is 9.67. The first-order chi connectivity index (χ1) is 18.7. The van der Waals surface area contributed by atoms with Gasteiger partial charge in [0, 0.05) is 62.8 Å². The lowest BCUT2D eigenvalue weighted by atomic mass is 10.1. The van der Waals surface area contributed by atoms with Crippen molar-refractivity contribution in [1.29, 1.82) is 0 Å². The summed E-state index contributed by atoms with van der Waals surface area (Å²) in [6.45, 7) is 7.00. The van der Waals surface area contributed by atoms with Crippen molar-refractivity contribution in [2.45, 2.75) is 38.6 Å². The van der Waals surface area contributed by atoms with Crippen LogP contribution in [-0.2, 0) is 16.1 Å². The van der Waals surface area contributed by atoms with Crippen molar-refractivity contribution in [2.75, 3.05) is 50.9 Å². The summed E-state index contributed by atoms with van der Waals surface area (Å²) in [5, 5.41) is 8.82. The van der Waals surface area contributed by atoms with Gasteiger partial charge in [-0.15, -0.1) is 0 Å². The fourth-order valence-corrected chi connectivity index (χ4v) is 4.74. The number of aromatic nitrogens is 1. The van der Waals surface area contributed by atoms with Gasteiger partial charge in [-0.25, -0.2) is 0 Å². The fraction of sp³-hybridized carbons (Fsp3) is 0.419. The molecule has 2 aromatic carbocycles. The van der Waals surface area contributed by atoms with Gasteiger partial charge in [0.05, 0.1) is 19.8 Å². The number of unbranched alkanes of at least 4 members (excludes halogenated alkanes) is 2. The van der Waals surface area contributed by atoms with E-state index in [1.165, 1.54) is 11.3 Å². The molecule has 7 heteroatoms. The summed E-state index contributed by atoms with van der Waals surface area (Å²) in [6, 6.07) is 21.1. The van der Waals surface area contributed by atoms with Crippen LogP contribution in [0.3, 0.4) is 0 Å². The molecule has 7 nitrogen and oxygen atoms in total. The van der Waals surface area contributed by atoms with Crippen molar-refractivity contribution in [3.8, 4) is 16.9 Å². The number of carboxylic acids is 1. The lowest BCUT2D eigenvalue weighted by Crippen LogP contribution is -2.38. The molecule has 0 unspecified atom stereocenters. The molecule has 1 aliphatic heterocycles. The van der Waals surface area contributed by atoms with E-state index in [4.69, 9.17) is 14.6 Å². The molecule has 0 spiro atoms. The van der Waals surface area contributed by atoms with Crippen LogP contribution >= 0.6 is 0 Å². The molecule has 1 aliphatic rings. The van der Waals surface area contributed by atoms with Crippen LogP contribution in [0.4, 0.5) is 5.69 Å². The average Bonchev–Trinajstić information content (AvgIpc) is 2.96. The molecule has 1 aromatic heterocycles. The summed E-state index contributed by atoms with van der Waals surface area (Å²) >= 11 is 0. The molecule has 0 saturated carbocycles. The Bertz CT molecular complexity index is 1100. The molecule has 1 saturated heterocycles. The quantitative estimate of drug-likeness (QED) is 0.267. The molecule has 0 aliphatic carbocycles. The Labute approximate surface area is 226 Å². The number of hydrogen-bond acceptors (Lipinski definition) is 6. The Balaban J connectivity index is 1.42. The van der Waals surface area contributed by atoms with E-state index in [1.807, 2.05) is 36.7 Å². The molecule has 4 rings (SSSR count). The highest BCUT2D eigenvalue weighted by molar-refractivity contribution is 5.66. The zero-order valence-electron chi connectivity index (χ0n) is 22.1. The van der Waals surface area contributed by atoms with E-state index in [9.17, 15) is 4.79 Å². The topological polar surface area (TPSA) is 75.1 Å².